The Hall–Kier alpha value is -2.13. The van der Waals surface area contributed by atoms with Crippen LogP contribution in [0.1, 0.15) is 26.7 Å². The van der Waals surface area contributed by atoms with Crippen molar-refractivity contribution in [2.24, 2.45) is 0 Å². The molecule has 0 saturated carbocycles. The molecule has 1 aromatic carbocycles. The number of Topliss-reactive ketones (excluding diaryl/α,β-unsaturated/α-hetero) is 1. The predicted molar refractivity (Wildman–Crippen MR) is 68.4 cm³/mol. The van der Waals surface area contributed by atoms with E-state index < -0.39 is 23.4 Å². The molecule has 102 valence electrons. The van der Waals surface area contributed by atoms with E-state index in [0.29, 0.717) is 4.88 Å². The number of thiophene rings is 1. The molecule has 0 aliphatic carbocycles. The van der Waals surface area contributed by atoms with Gasteiger partial charge in [-0.15, -0.1) is 11.3 Å². The molecular formula is C14H8F3NOS. The summed E-state index contributed by atoms with van der Waals surface area (Å²) in [6.07, 6.45) is -4.51. The Balaban J connectivity index is 2.37. The van der Waals surface area contributed by atoms with Crippen LogP contribution in [0.4, 0.5) is 13.2 Å². The Morgan fingerprint density at radius 3 is 2.55 bits per heavy atom. The number of nitrogens with zero attached hydrogens (tertiary/aromatic N) is 1. The minimum Gasteiger partial charge on any atom is -0.292 e. The fraction of sp³-hybridized carbons (Fsp3) is 0.143. The van der Waals surface area contributed by atoms with Crippen LogP contribution in [0.15, 0.2) is 41.8 Å². The molecule has 0 aliphatic heterocycles. The summed E-state index contributed by atoms with van der Waals surface area (Å²) in [7, 11) is 0. The monoisotopic (exact) mass is 295 g/mol. The molecule has 1 unspecified atom stereocenters. The fourth-order valence-electron chi connectivity index (χ4n) is 1.72. The van der Waals surface area contributed by atoms with Gasteiger partial charge in [0.05, 0.1) is 11.6 Å². The first-order chi connectivity index (χ1) is 9.43. The highest BCUT2D eigenvalue weighted by molar-refractivity contribution is 7.10. The number of nitriles is 1. The zero-order valence-electron chi connectivity index (χ0n) is 10.0. The number of benzene rings is 1. The standard InChI is InChI=1S/C14H8F3NOS/c15-14(16,17)10-4-1-3-9(7-10)13(19)11(8-18)12-5-2-6-20-12/h1-7,11H. The number of carbonyl (C=O) groups excluding carboxylic acids is 1. The molecule has 0 aliphatic rings. The Morgan fingerprint density at radius 2 is 2.00 bits per heavy atom. The summed E-state index contributed by atoms with van der Waals surface area (Å²) >= 11 is 1.22. The summed E-state index contributed by atoms with van der Waals surface area (Å²) in [5.41, 5.74) is -1.01. The SMILES string of the molecule is N#CC(C(=O)c1cccc(C(F)(F)F)c1)c1cccs1. The third-order valence-electron chi connectivity index (χ3n) is 2.69. The number of hydrogen-bond donors (Lipinski definition) is 0. The number of hydrogen-bond acceptors (Lipinski definition) is 3. The normalized spacial score (nSPS) is 12.7. The van der Waals surface area contributed by atoms with Crippen molar-refractivity contribution in [3.05, 3.63) is 57.8 Å². The van der Waals surface area contributed by atoms with Gasteiger partial charge in [-0.1, -0.05) is 18.2 Å². The summed E-state index contributed by atoms with van der Waals surface area (Å²) in [4.78, 5) is 12.7. The summed E-state index contributed by atoms with van der Waals surface area (Å²) in [6.45, 7) is 0. The van der Waals surface area contributed by atoms with Crippen LogP contribution in [0.25, 0.3) is 0 Å². The van der Waals surface area contributed by atoms with Crippen molar-refractivity contribution in [3.63, 3.8) is 0 Å². The van der Waals surface area contributed by atoms with Gasteiger partial charge in [-0.2, -0.15) is 18.4 Å². The van der Waals surface area contributed by atoms with E-state index in [4.69, 9.17) is 5.26 Å². The second-order valence-electron chi connectivity index (χ2n) is 4.02. The summed E-state index contributed by atoms with van der Waals surface area (Å²) in [5, 5.41) is 10.8. The van der Waals surface area contributed by atoms with Crippen LogP contribution in [-0.2, 0) is 6.18 Å². The van der Waals surface area contributed by atoms with Crippen LogP contribution in [0.2, 0.25) is 0 Å². The topological polar surface area (TPSA) is 40.9 Å². The Kier molecular flexibility index (Phi) is 3.91. The maximum absolute atomic E-state index is 12.6. The van der Waals surface area contributed by atoms with E-state index in [1.165, 1.54) is 23.5 Å². The first-order valence-corrected chi connectivity index (χ1v) is 6.46. The third kappa shape index (κ3) is 2.89. The molecule has 0 amide bonds. The highest BCUT2D eigenvalue weighted by Gasteiger charge is 2.32. The molecule has 0 spiro atoms. The Morgan fingerprint density at radius 1 is 1.25 bits per heavy atom. The molecule has 2 rings (SSSR count). The van der Waals surface area contributed by atoms with E-state index in [-0.39, 0.29) is 5.56 Å². The molecular weight excluding hydrogens is 287 g/mol. The van der Waals surface area contributed by atoms with Gasteiger partial charge in [-0.3, -0.25) is 4.79 Å². The van der Waals surface area contributed by atoms with Gasteiger partial charge in [0.25, 0.3) is 0 Å². The van der Waals surface area contributed by atoms with E-state index >= 15 is 0 Å². The van der Waals surface area contributed by atoms with E-state index in [0.717, 1.165) is 12.1 Å². The third-order valence-corrected chi connectivity index (χ3v) is 3.63. The average molecular weight is 295 g/mol. The lowest BCUT2D eigenvalue weighted by Gasteiger charge is -2.10. The minimum atomic E-state index is -4.51. The van der Waals surface area contributed by atoms with Gasteiger partial charge in [0.15, 0.2) is 5.78 Å². The molecule has 0 fully saturated rings. The molecule has 2 nitrogen and oxygen atoms in total. The molecule has 0 radical (unpaired) electrons. The van der Waals surface area contributed by atoms with Gasteiger partial charge in [0.1, 0.15) is 5.92 Å². The van der Waals surface area contributed by atoms with Crippen molar-refractivity contribution in [2.45, 2.75) is 12.1 Å². The van der Waals surface area contributed by atoms with Gasteiger partial charge < -0.3 is 0 Å². The lowest BCUT2D eigenvalue weighted by Crippen LogP contribution is -2.12. The number of rotatable bonds is 3. The van der Waals surface area contributed by atoms with Crippen molar-refractivity contribution >= 4 is 17.1 Å². The van der Waals surface area contributed by atoms with Crippen LogP contribution < -0.4 is 0 Å². The number of halogens is 3. The van der Waals surface area contributed by atoms with Crippen molar-refractivity contribution in [3.8, 4) is 6.07 Å². The largest absolute Gasteiger partial charge is 0.416 e. The lowest BCUT2D eigenvalue weighted by molar-refractivity contribution is -0.137. The van der Waals surface area contributed by atoms with Gasteiger partial charge in [-0.05, 0) is 23.6 Å². The molecule has 1 aromatic heterocycles. The van der Waals surface area contributed by atoms with Crippen molar-refractivity contribution in [1.82, 2.24) is 0 Å². The van der Waals surface area contributed by atoms with Crippen LogP contribution in [-0.4, -0.2) is 5.78 Å². The van der Waals surface area contributed by atoms with Crippen LogP contribution in [0.3, 0.4) is 0 Å². The molecule has 2 aromatic rings. The number of ketones is 1. The van der Waals surface area contributed by atoms with Gasteiger partial charge in [0.2, 0.25) is 0 Å². The fourth-order valence-corrected chi connectivity index (χ4v) is 2.49. The Labute approximate surface area is 117 Å². The zero-order chi connectivity index (χ0) is 14.8. The first-order valence-electron chi connectivity index (χ1n) is 5.58. The van der Waals surface area contributed by atoms with E-state index in [1.807, 2.05) is 6.07 Å². The van der Waals surface area contributed by atoms with Gasteiger partial charge in [0, 0.05) is 10.4 Å². The van der Waals surface area contributed by atoms with Gasteiger partial charge in [-0.25, -0.2) is 0 Å². The summed E-state index contributed by atoms with van der Waals surface area (Å²) < 4.78 is 37.8. The molecule has 6 heteroatoms. The minimum absolute atomic E-state index is 0.111. The summed E-state index contributed by atoms with van der Waals surface area (Å²) in [5.74, 6) is -1.69. The van der Waals surface area contributed by atoms with Crippen LogP contribution >= 0.6 is 11.3 Å². The maximum Gasteiger partial charge on any atom is 0.416 e. The van der Waals surface area contributed by atoms with E-state index in [2.05, 4.69) is 0 Å². The number of carbonyl (C=O) groups is 1. The van der Waals surface area contributed by atoms with Gasteiger partial charge >= 0.3 is 6.18 Å². The van der Waals surface area contributed by atoms with E-state index in [1.54, 1.807) is 17.5 Å². The van der Waals surface area contributed by atoms with Crippen LogP contribution in [0, 0.1) is 11.3 Å². The van der Waals surface area contributed by atoms with Crippen molar-refractivity contribution in [1.29, 1.82) is 5.26 Å². The maximum atomic E-state index is 12.6. The molecule has 1 heterocycles. The molecule has 1 atom stereocenters. The molecule has 20 heavy (non-hydrogen) atoms. The van der Waals surface area contributed by atoms with E-state index in [9.17, 15) is 18.0 Å². The predicted octanol–water partition coefficient (Wildman–Crippen LogP) is 4.26. The summed E-state index contributed by atoms with van der Waals surface area (Å²) in [6, 6.07) is 9.26. The lowest BCUT2D eigenvalue weighted by atomic mass is 9.96. The molecule has 0 saturated heterocycles. The quantitative estimate of drug-likeness (QED) is 0.794. The first kappa shape index (κ1) is 14.3. The number of alkyl halides is 3. The smallest absolute Gasteiger partial charge is 0.292 e. The second kappa shape index (κ2) is 5.47. The molecule has 0 N–H and O–H groups in total. The zero-order valence-corrected chi connectivity index (χ0v) is 10.8. The highest BCUT2D eigenvalue weighted by atomic mass is 32.1. The van der Waals surface area contributed by atoms with Crippen molar-refractivity contribution < 1.29 is 18.0 Å². The van der Waals surface area contributed by atoms with Crippen LogP contribution in [0.5, 0.6) is 0 Å². The highest BCUT2D eigenvalue weighted by Crippen LogP contribution is 2.31. The Bertz CT molecular complexity index is 656. The second-order valence-corrected chi connectivity index (χ2v) is 5.00. The average Bonchev–Trinajstić information content (AvgIpc) is 2.92. The molecule has 0 bridgehead atoms. The van der Waals surface area contributed by atoms with Crippen molar-refractivity contribution in [2.75, 3.05) is 0 Å².